The van der Waals surface area contributed by atoms with Crippen LogP contribution in [0, 0.1) is 23.5 Å². The molecule has 1 aromatic rings. The number of nitrogens with one attached hydrogen (secondary N) is 1. The van der Waals surface area contributed by atoms with Gasteiger partial charge in [0.1, 0.15) is 5.82 Å². The lowest BCUT2D eigenvalue weighted by atomic mass is 9.67. The van der Waals surface area contributed by atoms with Crippen LogP contribution in [0.3, 0.4) is 0 Å². The van der Waals surface area contributed by atoms with E-state index in [2.05, 4.69) is 5.32 Å². The molecule has 126 valence electrons. The van der Waals surface area contributed by atoms with Gasteiger partial charge in [-0.3, -0.25) is 4.79 Å². The van der Waals surface area contributed by atoms with E-state index in [0.717, 1.165) is 37.8 Å². The van der Waals surface area contributed by atoms with Crippen LogP contribution in [-0.2, 0) is 4.79 Å². The molecule has 1 amide bonds. The molecule has 4 nitrogen and oxygen atoms in total. The molecule has 3 rings (SSSR count). The third kappa shape index (κ3) is 3.80. The van der Waals surface area contributed by atoms with Gasteiger partial charge in [-0.05, 0) is 49.7 Å². The average molecular weight is 324 g/mol. The number of carbonyl (C=O) groups excluding carboxylic acids is 1. The standard InChI is InChI=1S/C17H22F2N2O2/c18-12-4-5-15(14(19)8-12)23-9-16(22)21-17-10-2-1-3-11(17)7-13(20)6-10/h4-5,8,10-11,13,17H,1-3,6-7,9,20H2,(H,21,22). The molecule has 0 radical (unpaired) electrons. The van der Waals surface area contributed by atoms with Gasteiger partial charge < -0.3 is 15.8 Å². The van der Waals surface area contributed by atoms with Gasteiger partial charge in [0.15, 0.2) is 18.2 Å². The molecule has 6 heteroatoms. The van der Waals surface area contributed by atoms with E-state index in [1.807, 2.05) is 0 Å². The van der Waals surface area contributed by atoms with Gasteiger partial charge in [-0.15, -0.1) is 0 Å². The maximum atomic E-state index is 13.5. The molecular weight excluding hydrogens is 302 g/mol. The Morgan fingerprint density at radius 2 is 1.96 bits per heavy atom. The summed E-state index contributed by atoms with van der Waals surface area (Å²) in [5, 5.41) is 3.03. The molecule has 2 saturated carbocycles. The summed E-state index contributed by atoms with van der Waals surface area (Å²) in [5.74, 6) is -1.03. The van der Waals surface area contributed by atoms with Gasteiger partial charge in [-0.2, -0.15) is 0 Å². The molecule has 2 unspecified atom stereocenters. The van der Waals surface area contributed by atoms with Crippen LogP contribution < -0.4 is 15.8 Å². The van der Waals surface area contributed by atoms with E-state index in [1.165, 1.54) is 12.5 Å². The number of hydrogen-bond acceptors (Lipinski definition) is 3. The van der Waals surface area contributed by atoms with Crippen molar-refractivity contribution in [3.05, 3.63) is 29.8 Å². The Kier molecular flexibility index (Phi) is 4.80. The topological polar surface area (TPSA) is 64.3 Å². The zero-order valence-electron chi connectivity index (χ0n) is 12.9. The van der Waals surface area contributed by atoms with Crippen LogP contribution in [0.2, 0.25) is 0 Å². The number of fused-ring (bicyclic) bond motifs is 2. The number of halogens is 2. The number of ether oxygens (including phenoxy) is 1. The van der Waals surface area contributed by atoms with Crippen molar-refractivity contribution in [2.24, 2.45) is 17.6 Å². The fraction of sp³-hybridized carbons (Fsp3) is 0.588. The van der Waals surface area contributed by atoms with Crippen molar-refractivity contribution >= 4 is 5.91 Å². The highest BCUT2D eigenvalue weighted by molar-refractivity contribution is 5.78. The number of amides is 1. The van der Waals surface area contributed by atoms with E-state index in [-0.39, 0.29) is 30.3 Å². The van der Waals surface area contributed by atoms with E-state index >= 15 is 0 Å². The van der Waals surface area contributed by atoms with Crippen LogP contribution in [0.25, 0.3) is 0 Å². The molecule has 0 aliphatic heterocycles. The quantitative estimate of drug-likeness (QED) is 0.894. The lowest BCUT2D eigenvalue weighted by Crippen LogP contribution is -2.54. The number of rotatable bonds is 4. The summed E-state index contributed by atoms with van der Waals surface area (Å²) >= 11 is 0. The van der Waals surface area contributed by atoms with Crippen molar-refractivity contribution < 1.29 is 18.3 Å². The van der Waals surface area contributed by atoms with Crippen LogP contribution in [0.15, 0.2) is 18.2 Å². The summed E-state index contributed by atoms with van der Waals surface area (Å²) in [5.41, 5.74) is 6.07. The van der Waals surface area contributed by atoms with Crippen LogP contribution in [0.1, 0.15) is 32.1 Å². The Balaban J connectivity index is 1.55. The molecule has 0 aromatic heterocycles. The minimum absolute atomic E-state index is 0.118. The summed E-state index contributed by atoms with van der Waals surface area (Å²) in [6.45, 7) is -0.273. The molecule has 0 saturated heterocycles. The Hall–Kier alpha value is -1.69. The normalized spacial score (nSPS) is 29.9. The second-order valence-electron chi connectivity index (χ2n) is 6.64. The number of hydrogen-bond donors (Lipinski definition) is 2. The molecule has 23 heavy (non-hydrogen) atoms. The first-order valence-electron chi connectivity index (χ1n) is 8.15. The molecule has 2 aliphatic rings. The van der Waals surface area contributed by atoms with Crippen molar-refractivity contribution in [2.75, 3.05) is 6.61 Å². The Bertz CT molecular complexity index is 568. The summed E-state index contributed by atoms with van der Waals surface area (Å²) in [7, 11) is 0. The third-order valence-corrected chi connectivity index (χ3v) is 4.96. The molecule has 0 spiro atoms. The predicted molar refractivity (Wildman–Crippen MR) is 81.8 cm³/mol. The maximum absolute atomic E-state index is 13.5. The van der Waals surface area contributed by atoms with Crippen LogP contribution in [-0.4, -0.2) is 24.6 Å². The monoisotopic (exact) mass is 324 g/mol. The summed E-state index contributed by atoms with van der Waals surface area (Å²) in [6, 6.07) is 3.39. The van der Waals surface area contributed by atoms with E-state index in [0.29, 0.717) is 11.8 Å². The van der Waals surface area contributed by atoms with E-state index in [4.69, 9.17) is 10.5 Å². The second-order valence-corrected chi connectivity index (χ2v) is 6.64. The molecule has 2 atom stereocenters. The van der Waals surface area contributed by atoms with Crippen LogP contribution >= 0.6 is 0 Å². The minimum atomic E-state index is -0.807. The highest BCUT2D eigenvalue weighted by Gasteiger charge is 2.39. The van der Waals surface area contributed by atoms with Gasteiger partial charge in [0.05, 0.1) is 0 Å². The third-order valence-electron chi connectivity index (χ3n) is 4.96. The van der Waals surface area contributed by atoms with Crippen LogP contribution in [0.4, 0.5) is 8.78 Å². The first-order valence-corrected chi connectivity index (χ1v) is 8.15. The van der Waals surface area contributed by atoms with Crippen LogP contribution in [0.5, 0.6) is 5.75 Å². The zero-order chi connectivity index (χ0) is 16.4. The van der Waals surface area contributed by atoms with E-state index in [9.17, 15) is 13.6 Å². The number of benzene rings is 1. The smallest absolute Gasteiger partial charge is 0.258 e. The van der Waals surface area contributed by atoms with Crippen molar-refractivity contribution in [1.29, 1.82) is 0 Å². The van der Waals surface area contributed by atoms with Gasteiger partial charge in [-0.1, -0.05) is 6.42 Å². The second kappa shape index (κ2) is 6.83. The van der Waals surface area contributed by atoms with Gasteiger partial charge in [0.2, 0.25) is 0 Å². The largest absolute Gasteiger partial charge is 0.481 e. The predicted octanol–water partition coefficient (Wildman–Crippen LogP) is 2.37. The van der Waals surface area contributed by atoms with Crippen molar-refractivity contribution in [3.63, 3.8) is 0 Å². The summed E-state index contributed by atoms with van der Waals surface area (Å²) < 4.78 is 31.5. The van der Waals surface area contributed by atoms with Gasteiger partial charge in [0.25, 0.3) is 5.91 Å². The lowest BCUT2D eigenvalue weighted by Gasteiger charge is -2.45. The Labute approximate surface area is 134 Å². The average Bonchev–Trinajstić information content (AvgIpc) is 2.47. The lowest BCUT2D eigenvalue weighted by molar-refractivity contribution is -0.125. The maximum Gasteiger partial charge on any atom is 0.258 e. The Morgan fingerprint density at radius 1 is 1.26 bits per heavy atom. The fourth-order valence-electron chi connectivity index (χ4n) is 3.99. The van der Waals surface area contributed by atoms with Gasteiger partial charge in [-0.25, -0.2) is 8.78 Å². The molecule has 2 bridgehead atoms. The van der Waals surface area contributed by atoms with Gasteiger partial charge in [0, 0.05) is 18.2 Å². The molecule has 2 aliphatic carbocycles. The first kappa shape index (κ1) is 16.2. The summed E-state index contributed by atoms with van der Waals surface area (Å²) in [4.78, 5) is 12.1. The molecular formula is C17H22F2N2O2. The van der Waals surface area contributed by atoms with Crippen molar-refractivity contribution in [3.8, 4) is 5.75 Å². The zero-order valence-corrected chi connectivity index (χ0v) is 12.9. The number of nitrogens with two attached hydrogens (primary N) is 1. The highest BCUT2D eigenvalue weighted by atomic mass is 19.1. The minimum Gasteiger partial charge on any atom is -0.481 e. The SMILES string of the molecule is NC1CC2CCCC(C1)C2NC(=O)COc1ccc(F)cc1F. The van der Waals surface area contributed by atoms with Crippen molar-refractivity contribution in [2.45, 2.75) is 44.2 Å². The Morgan fingerprint density at radius 3 is 2.61 bits per heavy atom. The molecule has 0 heterocycles. The van der Waals surface area contributed by atoms with Crippen molar-refractivity contribution in [1.82, 2.24) is 5.32 Å². The molecule has 2 fully saturated rings. The first-order chi connectivity index (χ1) is 11.0. The highest BCUT2D eigenvalue weighted by Crippen LogP contribution is 2.39. The summed E-state index contributed by atoms with van der Waals surface area (Å²) in [6.07, 6.45) is 5.24. The molecule has 1 aromatic carbocycles. The van der Waals surface area contributed by atoms with Gasteiger partial charge >= 0.3 is 0 Å². The fourth-order valence-corrected chi connectivity index (χ4v) is 3.99. The van der Waals surface area contributed by atoms with E-state index in [1.54, 1.807) is 0 Å². The number of carbonyl (C=O) groups is 1. The van der Waals surface area contributed by atoms with E-state index < -0.39 is 11.6 Å². The molecule has 3 N–H and O–H groups in total.